The smallest absolute Gasteiger partial charge is 0.311 e. The standard InChI is InChI=1S/C18H17N5O4/c1-3-22-11(2)20-14-9-13(5-6-15(14)22)18(25)21-19-10-12-4-7-17(24)16(8-12)23(26)27/h4-10,24H,3H2,1-2H3,(H,21,25)/b19-10+. The number of nitrogens with one attached hydrogen (secondary N) is 1. The molecule has 0 saturated heterocycles. The molecule has 0 aliphatic carbocycles. The second kappa shape index (κ2) is 7.24. The van der Waals surface area contributed by atoms with Crippen LogP contribution in [0.15, 0.2) is 41.5 Å². The first-order chi connectivity index (χ1) is 12.9. The molecule has 0 aliphatic rings. The summed E-state index contributed by atoms with van der Waals surface area (Å²) in [4.78, 5) is 26.8. The van der Waals surface area contributed by atoms with E-state index in [2.05, 4.69) is 15.5 Å². The average molecular weight is 367 g/mol. The van der Waals surface area contributed by atoms with E-state index in [9.17, 15) is 20.0 Å². The molecule has 0 aliphatic heterocycles. The number of nitro groups is 1. The summed E-state index contributed by atoms with van der Waals surface area (Å²) in [6, 6.07) is 9.01. The number of phenols is 1. The summed E-state index contributed by atoms with van der Waals surface area (Å²) in [5, 5.41) is 24.1. The van der Waals surface area contributed by atoms with Crippen LogP contribution in [0, 0.1) is 17.0 Å². The number of benzene rings is 2. The summed E-state index contributed by atoms with van der Waals surface area (Å²) in [6.45, 7) is 4.72. The first-order valence-electron chi connectivity index (χ1n) is 8.18. The minimum absolute atomic E-state index is 0.368. The number of nitro benzene ring substituents is 1. The van der Waals surface area contributed by atoms with Gasteiger partial charge in [0.25, 0.3) is 5.91 Å². The molecule has 1 aromatic heterocycles. The Kier molecular flexibility index (Phi) is 4.84. The number of aromatic hydroxyl groups is 1. The third-order valence-electron chi connectivity index (χ3n) is 4.09. The Hall–Kier alpha value is -3.75. The van der Waals surface area contributed by atoms with Crippen LogP contribution in [0.5, 0.6) is 5.75 Å². The summed E-state index contributed by atoms with van der Waals surface area (Å²) >= 11 is 0. The van der Waals surface area contributed by atoms with E-state index in [-0.39, 0.29) is 0 Å². The molecule has 0 radical (unpaired) electrons. The van der Waals surface area contributed by atoms with Gasteiger partial charge in [0.05, 0.1) is 22.2 Å². The van der Waals surface area contributed by atoms with Crippen molar-refractivity contribution >= 4 is 28.8 Å². The molecule has 0 unspecified atom stereocenters. The van der Waals surface area contributed by atoms with Gasteiger partial charge < -0.3 is 9.67 Å². The number of rotatable bonds is 5. The highest BCUT2D eigenvalue weighted by molar-refractivity contribution is 5.98. The van der Waals surface area contributed by atoms with Crippen molar-refractivity contribution in [2.45, 2.75) is 20.4 Å². The van der Waals surface area contributed by atoms with Crippen LogP contribution < -0.4 is 5.43 Å². The van der Waals surface area contributed by atoms with E-state index in [1.54, 1.807) is 12.1 Å². The molecule has 9 heteroatoms. The zero-order chi connectivity index (χ0) is 19.6. The topological polar surface area (TPSA) is 123 Å². The molecule has 0 spiro atoms. The van der Waals surface area contributed by atoms with Gasteiger partial charge in [-0.05, 0) is 44.2 Å². The Morgan fingerprint density at radius 1 is 1.37 bits per heavy atom. The number of aryl methyl sites for hydroxylation is 2. The second-order valence-corrected chi connectivity index (χ2v) is 5.81. The SMILES string of the molecule is CCn1c(C)nc2cc(C(=O)N/N=C/c3ccc(O)c([N+](=O)[O-])c3)ccc21. The molecule has 0 fully saturated rings. The zero-order valence-electron chi connectivity index (χ0n) is 14.7. The number of hydrogen-bond acceptors (Lipinski definition) is 6. The average Bonchev–Trinajstić information content (AvgIpc) is 2.96. The molecule has 0 atom stereocenters. The third kappa shape index (κ3) is 3.61. The Morgan fingerprint density at radius 2 is 2.15 bits per heavy atom. The molecule has 27 heavy (non-hydrogen) atoms. The number of imidazole rings is 1. The number of aromatic nitrogens is 2. The monoisotopic (exact) mass is 367 g/mol. The second-order valence-electron chi connectivity index (χ2n) is 5.81. The number of amides is 1. The number of carbonyl (C=O) groups excluding carboxylic acids is 1. The fraction of sp³-hybridized carbons (Fsp3) is 0.167. The lowest BCUT2D eigenvalue weighted by Crippen LogP contribution is -2.17. The van der Waals surface area contributed by atoms with Crippen LogP contribution in [-0.4, -0.2) is 31.7 Å². The van der Waals surface area contributed by atoms with Crippen LogP contribution in [0.25, 0.3) is 11.0 Å². The highest BCUT2D eigenvalue weighted by Gasteiger charge is 2.13. The molecule has 3 aromatic rings. The molecule has 9 nitrogen and oxygen atoms in total. The molecule has 3 rings (SSSR count). The lowest BCUT2D eigenvalue weighted by Gasteiger charge is -2.03. The number of carbonyl (C=O) groups is 1. The van der Waals surface area contributed by atoms with Gasteiger partial charge in [0.1, 0.15) is 5.82 Å². The third-order valence-corrected chi connectivity index (χ3v) is 4.09. The van der Waals surface area contributed by atoms with Gasteiger partial charge >= 0.3 is 5.69 Å². The van der Waals surface area contributed by atoms with Crippen molar-refractivity contribution in [1.29, 1.82) is 0 Å². The predicted molar refractivity (Wildman–Crippen MR) is 100.0 cm³/mol. The van der Waals surface area contributed by atoms with E-state index in [1.165, 1.54) is 18.3 Å². The Labute approximate surface area is 154 Å². The van der Waals surface area contributed by atoms with Gasteiger partial charge in [-0.2, -0.15) is 5.10 Å². The summed E-state index contributed by atoms with van der Waals surface area (Å²) in [7, 11) is 0. The van der Waals surface area contributed by atoms with E-state index in [0.717, 1.165) is 29.5 Å². The maximum Gasteiger partial charge on any atom is 0.311 e. The van der Waals surface area contributed by atoms with E-state index in [0.29, 0.717) is 11.1 Å². The van der Waals surface area contributed by atoms with Gasteiger partial charge in [0, 0.05) is 23.7 Å². The molecule has 1 amide bonds. The van der Waals surface area contributed by atoms with Crippen molar-refractivity contribution in [2.75, 3.05) is 0 Å². The molecular formula is C18H17N5O4. The van der Waals surface area contributed by atoms with Crippen LogP contribution in [0.4, 0.5) is 5.69 Å². The molecule has 2 aromatic carbocycles. The van der Waals surface area contributed by atoms with Gasteiger partial charge in [-0.1, -0.05) is 0 Å². The van der Waals surface area contributed by atoms with E-state index >= 15 is 0 Å². The lowest BCUT2D eigenvalue weighted by molar-refractivity contribution is -0.385. The van der Waals surface area contributed by atoms with Crippen LogP contribution in [0.1, 0.15) is 28.7 Å². The van der Waals surface area contributed by atoms with Gasteiger partial charge in [0.15, 0.2) is 5.75 Å². The van der Waals surface area contributed by atoms with Crippen LogP contribution in [0.2, 0.25) is 0 Å². The Bertz CT molecular complexity index is 1070. The molecule has 2 N–H and O–H groups in total. The van der Waals surface area contributed by atoms with Crippen molar-refractivity contribution in [3.05, 3.63) is 63.5 Å². The summed E-state index contributed by atoms with van der Waals surface area (Å²) in [6.07, 6.45) is 1.26. The summed E-state index contributed by atoms with van der Waals surface area (Å²) in [5.74, 6) is 0.0124. The quantitative estimate of drug-likeness (QED) is 0.408. The van der Waals surface area contributed by atoms with Crippen molar-refractivity contribution in [1.82, 2.24) is 15.0 Å². The van der Waals surface area contributed by atoms with Crippen molar-refractivity contribution in [2.24, 2.45) is 5.10 Å². The van der Waals surface area contributed by atoms with Crippen LogP contribution in [-0.2, 0) is 6.54 Å². The number of phenolic OH excluding ortho intramolecular Hbond substituents is 1. The van der Waals surface area contributed by atoms with Crippen molar-refractivity contribution in [3.8, 4) is 5.75 Å². The fourth-order valence-electron chi connectivity index (χ4n) is 2.79. The number of nitrogens with zero attached hydrogens (tertiary/aromatic N) is 4. The number of hydrogen-bond donors (Lipinski definition) is 2. The summed E-state index contributed by atoms with van der Waals surface area (Å²) < 4.78 is 2.05. The molecule has 0 saturated carbocycles. The molecular weight excluding hydrogens is 350 g/mol. The van der Waals surface area contributed by atoms with E-state index in [1.807, 2.05) is 24.5 Å². The summed E-state index contributed by atoms with van der Waals surface area (Å²) in [5.41, 5.74) is 4.38. The maximum atomic E-state index is 12.3. The maximum absolute atomic E-state index is 12.3. The minimum atomic E-state index is -0.697. The molecule has 138 valence electrons. The first-order valence-corrected chi connectivity index (χ1v) is 8.18. The number of fused-ring (bicyclic) bond motifs is 1. The van der Waals surface area contributed by atoms with Crippen molar-refractivity contribution < 1.29 is 14.8 Å². The van der Waals surface area contributed by atoms with Crippen molar-refractivity contribution in [3.63, 3.8) is 0 Å². The zero-order valence-corrected chi connectivity index (χ0v) is 14.7. The van der Waals surface area contributed by atoms with E-state index < -0.39 is 22.3 Å². The Balaban J connectivity index is 1.76. The van der Waals surface area contributed by atoms with E-state index in [4.69, 9.17) is 0 Å². The minimum Gasteiger partial charge on any atom is -0.502 e. The Morgan fingerprint density at radius 3 is 2.85 bits per heavy atom. The first kappa shape index (κ1) is 18.1. The van der Waals surface area contributed by atoms with Gasteiger partial charge in [-0.25, -0.2) is 10.4 Å². The van der Waals surface area contributed by atoms with Gasteiger partial charge in [0.2, 0.25) is 0 Å². The molecule has 1 heterocycles. The highest BCUT2D eigenvalue weighted by atomic mass is 16.6. The lowest BCUT2D eigenvalue weighted by atomic mass is 10.2. The van der Waals surface area contributed by atoms with Gasteiger partial charge in [-0.15, -0.1) is 0 Å². The largest absolute Gasteiger partial charge is 0.502 e. The molecule has 0 bridgehead atoms. The van der Waals surface area contributed by atoms with Crippen LogP contribution >= 0.6 is 0 Å². The normalized spacial score (nSPS) is 11.2. The predicted octanol–water partition coefficient (Wildman–Crippen LogP) is 2.74. The van der Waals surface area contributed by atoms with Crippen LogP contribution in [0.3, 0.4) is 0 Å². The fourth-order valence-corrected chi connectivity index (χ4v) is 2.79. The highest BCUT2D eigenvalue weighted by Crippen LogP contribution is 2.25. The van der Waals surface area contributed by atoms with Gasteiger partial charge in [-0.3, -0.25) is 14.9 Å². The number of hydrazone groups is 1.